The first-order valence-electron chi connectivity index (χ1n) is 7.87. The van der Waals surface area contributed by atoms with Gasteiger partial charge in [-0.3, -0.25) is 0 Å². The zero-order valence-corrected chi connectivity index (χ0v) is 13.7. The Morgan fingerprint density at radius 3 is 2.67 bits per heavy atom. The molecule has 2 atom stereocenters. The summed E-state index contributed by atoms with van der Waals surface area (Å²) in [7, 11) is -3.44. The van der Waals surface area contributed by atoms with Crippen molar-refractivity contribution in [2.75, 3.05) is 18.4 Å². The minimum Gasteiger partial charge on any atom is -0.384 e. The maximum absolute atomic E-state index is 12.5. The van der Waals surface area contributed by atoms with Crippen LogP contribution >= 0.6 is 0 Å². The molecule has 4 nitrogen and oxygen atoms in total. The van der Waals surface area contributed by atoms with Gasteiger partial charge in [0.05, 0.1) is 5.69 Å². The zero-order chi connectivity index (χ0) is 15.3. The number of rotatable bonds is 7. The molecule has 0 aliphatic heterocycles. The average Bonchev–Trinajstić information content (AvgIpc) is 2.89. The Morgan fingerprint density at radius 2 is 2.00 bits per heavy atom. The number of hydrogen-bond donors (Lipinski definition) is 2. The summed E-state index contributed by atoms with van der Waals surface area (Å²) in [5.74, 6) is 1.08. The molecule has 21 heavy (non-hydrogen) atoms. The Hall–Kier alpha value is -1.07. The van der Waals surface area contributed by atoms with E-state index in [0.717, 1.165) is 19.4 Å². The number of sulfonamides is 1. The maximum Gasteiger partial charge on any atom is 0.242 e. The van der Waals surface area contributed by atoms with E-state index in [2.05, 4.69) is 23.9 Å². The molecule has 0 saturated heterocycles. The Kier molecular flexibility index (Phi) is 5.65. The lowest BCUT2D eigenvalue weighted by Crippen LogP contribution is -2.30. The van der Waals surface area contributed by atoms with Gasteiger partial charge in [-0.05, 0) is 36.8 Å². The molecule has 2 N–H and O–H groups in total. The van der Waals surface area contributed by atoms with Gasteiger partial charge in [0.2, 0.25) is 10.0 Å². The third-order valence-electron chi connectivity index (χ3n) is 4.32. The third kappa shape index (κ3) is 4.20. The number of benzene rings is 1. The molecule has 0 bridgehead atoms. The molecule has 1 aliphatic rings. The summed E-state index contributed by atoms with van der Waals surface area (Å²) < 4.78 is 27.9. The van der Waals surface area contributed by atoms with Crippen molar-refractivity contribution in [2.24, 2.45) is 11.8 Å². The van der Waals surface area contributed by atoms with E-state index in [1.165, 1.54) is 12.8 Å². The van der Waals surface area contributed by atoms with Gasteiger partial charge in [0.15, 0.2) is 0 Å². The molecule has 5 heteroatoms. The van der Waals surface area contributed by atoms with Crippen molar-refractivity contribution in [3.8, 4) is 0 Å². The summed E-state index contributed by atoms with van der Waals surface area (Å²) in [4.78, 5) is 0.351. The summed E-state index contributed by atoms with van der Waals surface area (Å²) in [6.07, 6.45) is 4.50. The fourth-order valence-corrected chi connectivity index (χ4v) is 4.20. The average molecular weight is 310 g/mol. The predicted octanol–water partition coefficient (Wildman–Crippen LogP) is 3.22. The van der Waals surface area contributed by atoms with E-state index in [0.29, 0.717) is 29.0 Å². The highest BCUT2D eigenvalue weighted by Crippen LogP contribution is 2.31. The summed E-state index contributed by atoms with van der Waals surface area (Å²) in [6, 6.07) is 7.11. The molecular weight excluding hydrogens is 284 g/mol. The van der Waals surface area contributed by atoms with Crippen molar-refractivity contribution in [3.05, 3.63) is 24.3 Å². The van der Waals surface area contributed by atoms with Gasteiger partial charge in [0.25, 0.3) is 0 Å². The second-order valence-corrected chi connectivity index (χ2v) is 7.68. The van der Waals surface area contributed by atoms with E-state index in [1.807, 2.05) is 12.1 Å². The molecule has 2 unspecified atom stereocenters. The van der Waals surface area contributed by atoms with Gasteiger partial charge in [0, 0.05) is 13.1 Å². The van der Waals surface area contributed by atoms with Crippen LogP contribution in [0.25, 0.3) is 0 Å². The summed E-state index contributed by atoms with van der Waals surface area (Å²) in [6.45, 7) is 5.59. The lowest BCUT2D eigenvalue weighted by molar-refractivity contribution is 0.414. The molecule has 0 amide bonds. The second-order valence-electron chi connectivity index (χ2n) is 5.94. The van der Waals surface area contributed by atoms with Crippen LogP contribution in [0.1, 0.15) is 39.5 Å². The SMILES string of the molecule is CCCNc1ccccc1S(=O)(=O)NCC1CCCC1C. The highest BCUT2D eigenvalue weighted by molar-refractivity contribution is 7.89. The van der Waals surface area contributed by atoms with Gasteiger partial charge >= 0.3 is 0 Å². The molecular formula is C16H26N2O2S. The minimum atomic E-state index is -3.44. The summed E-state index contributed by atoms with van der Waals surface area (Å²) in [5, 5.41) is 3.19. The van der Waals surface area contributed by atoms with Crippen LogP contribution in [-0.2, 0) is 10.0 Å². The smallest absolute Gasteiger partial charge is 0.242 e. The molecule has 1 aromatic rings. The van der Waals surface area contributed by atoms with Crippen LogP contribution in [0.15, 0.2) is 29.2 Å². The molecule has 0 spiro atoms. The lowest BCUT2D eigenvalue weighted by atomic mass is 9.99. The van der Waals surface area contributed by atoms with E-state index in [1.54, 1.807) is 12.1 Å². The quantitative estimate of drug-likeness (QED) is 0.813. The van der Waals surface area contributed by atoms with E-state index >= 15 is 0 Å². The van der Waals surface area contributed by atoms with Gasteiger partial charge in [0.1, 0.15) is 4.90 Å². The fourth-order valence-electron chi connectivity index (χ4n) is 2.93. The standard InChI is InChI=1S/C16H26N2O2S/c1-3-11-17-15-9-4-5-10-16(15)21(19,20)18-12-14-8-6-7-13(14)2/h4-5,9-10,13-14,17-18H,3,6-8,11-12H2,1-2H3. The van der Waals surface area contributed by atoms with Crippen LogP contribution in [0.5, 0.6) is 0 Å². The zero-order valence-electron chi connectivity index (χ0n) is 12.9. The van der Waals surface area contributed by atoms with Crippen molar-refractivity contribution >= 4 is 15.7 Å². The Labute approximate surface area is 128 Å². The summed E-state index contributed by atoms with van der Waals surface area (Å²) >= 11 is 0. The van der Waals surface area contributed by atoms with Crippen LogP contribution in [0.4, 0.5) is 5.69 Å². The topological polar surface area (TPSA) is 58.2 Å². The molecule has 1 aromatic carbocycles. The van der Waals surface area contributed by atoms with E-state index in [9.17, 15) is 8.42 Å². The Morgan fingerprint density at radius 1 is 1.24 bits per heavy atom. The van der Waals surface area contributed by atoms with Crippen molar-refractivity contribution in [3.63, 3.8) is 0 Å². The van der Waals surface area contributed by atoms with Crippen molar-refractivity contribution in [1.29, 1.82) is 0 Å². The Balaban J connectivity index is 2.08. The predicted molar refractivity (Wildman–Crippen MR) is 86.9 cm³/mol. The van der Waals surface area contributed by atoms with E-state index < -0.39 is 10.0 Å². The molecule has 0 radical (unpaired) electrons. The molecule has 2 rings (SSSR count). The molecule has 1 fully saturated rings. The first-order valence-corrected chi connectivity index (χ1v) is 9.35. The van der Waals surface area contributed by atoms with E-state index in [-0.39, 0.29) is 0 Å². The number of nitrogens with one attached hydrogen (secondary N) is 2. The molecule has 1 aliphatic carbocycles. The minimum absolute atomic E-state index is 0.351. The van der Waals surface area contributed by atoms with Crippen LogP contribution in [0.3, 0.4) is 0 Å². The van der Waals surface area contributed by atoms with Crippen LogP contribution in [-0.4, -0.2) is 21.5 Å². The van der Waals surface area contributed by atoms with Gasteiger partial charge in [-0.2, -0.15) is 0 Å². The maximum atomic E-state index is 12.5. The van der Waals surface area contributed by atoms with Crippen molar-refractivity contribution < 1.29 is 8.42 Å². The van der Waals surface area contributed by atoms with Gasteiger partial charge in [-0.25, -0.2) is 13.1 Å². The largest absolute Gasteiger partial charge is 0.384 e. The first-order chi connectivity index (χ1) is 10.0. The number of anilines is 1. The number of para-hydroxylation sites is 1. The molecule has 0 aromatic heterocycles. The molecule has 0 heterocycles. The Bertz CT molecular complexity index is 557. The first kappa shape index (κ1) is 16.3. The lowest BCUT2D eigenvalue weighted by Gasteiger charge is -2.17. The highest BCUT2D eigenvalue weighted by Gasteiger charge is 2.26. The third-order valence-corrected chi connectivity index (χ3v) is 5.80. The van der Waals surface area contributed by atoms with E-state index in [4.69, 9.17) is 0 Å². The normalized spacial score (nSPS) is 22.4. The second kappa shape index (κ2) is 7.27. The van der Waals surface area contributed by atoms with Crippen LogP contribution in [0, 0.1) is 11.8 Å². The van der Waals surface area contributed by atoms with Gasteiger partial charge in [-0.15, -0.1) is 0 Å². The molecule has 118 valence electrons. The number of hydrogen-bond acceptors (Lipinski definition) is 3. The highest BCUT2D eigenvalue weighted by atomic mass is 32.2. The van der Waals surface area contributed by atoms with Gasteiger partial charge in [-0.1, -0.05) is 38.8 Å². The summed E-state index contributed by atoms with van der Waals surface area (Å²) in [5.41, 5.74) is 0.686. The fraction of sp³-hybridized carbons (Fsp3) is 0.625. The van der Waals surface area contributed by atoms with Crippen LogP contribution in [0.2, 0.25) is 0 Å². The molecule has 1 saturated carbocycles. The van der Waals surface area contributed by atoms with Crippen molar-refractivity contribution in [1.82, 2.24) is 4.72 Å². The van der Waals surface area contributed by atoms with Crippen LogP contribution < -0.4 is 10.0 Å². The monoisotopic (exact) mass is 310 g/mol. The van der Waals surface area contributed by atoms with Crippen molar-refractivity contribution in [2.45, 2.75) is 44.4 Å². The van der Waals surface area contributed by atoms with Gasteiger partial charge < -0.3 is 5.32 Å².